The summed E-state index contributed by atoms with van der Waals surface area (Å²) in [6.07, 6.45) is 3.84. The largest absolute Gasteiger partial charge is 0.480 e. The van der Waals surface area contributed by atoms with Gasteiger partial charge in [0.15, 0.2) is 0 Å². The van der Waals surface area contributed by atoms with Gasteiger partial charge < -0.3 is 15.3 Å². The van der Waals surface area contributed by atoms with Crippen LogP contribution in [0.5, 0.6) is 0 Å². The normalized spacial score (nSPS) is 11.6. The smallest absolute Gasteiger partial charge is 0.326 e. The van der Waals surface area contributed by atoms with Crippen LogP contribution in [0.2, 0.25) is 0 Å². The van der Waals surface area contributed by atoms with E-state index in [0.29, 0.717) is 13.0 Å². The molecule has 0 radical (unpaired) electrons. The van der Waals surface area contributed by atoms with Crippen LogP contribution in [0.1, 0.15) is 26.2 Å². The van der Waals surface area contributed by atoms with Crippen molar-refractivity contribution in [1.82, 2.24) is 10.2 Å². The summed E-state index contributed by atoms with van der Waals surface area (Å²) in [7, 11) is 1.65. The minimum atomic E-state index is -1.00. The van der Waals surface area contributed by atoms with Crippen molar-refractivity contribution in [3.8, 4) is 0 Å². The third kappa shape index (κ3) is 5.38. The standard InChI is InChI=1S/C11H20N2O3/c1-4-6-7-8-13(3)11(16)12-9(5-2)10(14)15/h4,9H,1,5-8H2,2-3H3,(H,12,16)(H,14,15). The number of allylic oxidation sites excluding steroid dienone is 1. The van der Waals surface area contributed by atoms with Gasteiger partial charge in [0.05, 0.1) is 0 Å². The number of carbonyl (C=O) groups excluding carboxylic acids is 1. The van der Waals surface area contributed by atoms with Gasteiger partial charge in [0, 0.05) is 13.6 Å². The average Bonchev–Trinajstić information content (AvgIpc) is 2.25. The van der Waals surface area contributed by atoms with Gasteiger partial charge in [0.1, 0.15) is 6.04 Å². The fraction of sp³-hybridized carbons (Fsp3) is 0.636. The highest BCUT2D eigenvalue weighted by molar-refractivity contribution is 5.82. The molecule has 0 saturated heterocycles. The summed E-state index contributed by atoms with van der Waals surface area (Å²) in [6, 6.07) is -1.16. The molecule has 16 heavy (non-hydrogen) atoms. The zero-order valence-corrected chi connectivity index (χ0v) is 9.90. The molecule has 0 aliphatic heterocycles. The number of unbranched alkanes of at least 4 members (excludes halogenated alkanes) is 1. The number of rotatable bonds is 7. The minimum Gasteiger partial charge on any atom is -0.480 e. The van der Waals surface area contributed by atoms with Gasteiger partial charge in [-0.2, -0.15) is 0 Å². The molecule has 0 aliphatic carbocycles. The molecule has 0 spiro atoms. The number of amides is 2. The molecule has 0 rings (SSSR count). The second-order valence-corrected chi connectivity index (χ2v) is 3.60. The van der Waals surface area contributed by atoms with Crippen LogP contribution in [-0.4, -0.2) is 41.6 Å². The van der Waals surface area contributed by atoms with Crippen molar-refractivity contribution < 1.29 is 14.7 Å². The Morgan fingerprint density at radius 1 is 1.56 bits per heavy atom. The van der Waals surface area contributed by atoms with Crippen LogP contribution in [0, 0.1) is 0 Å². The van der Waals surface area contributed by atoms with E-state index in [-0.39, 0.29) is 6.03 Å². The maximum atomic E-state index is 11.5. The van der Waals surface area contributed by atoms with E-state index in [4.69, 9.17) is 5.11 Å². The van der Waals surface area contributed by atoms with Crippen LogP contribution in [0.3, 0.4) is 0 Å². The van der Waals surface area contributed by atoms with E-state index in [1.165, 1.54) is 4.90 Å². The molecule has 2 amide bonds. The Morgan fingerprint density at radius 3 is 2.62 bits per heavy atom. The van der Waals surface area contributed by atoms with Crippen LogP contribution >= 0.6 is 0 Å². The fourth-order valence-electron chi connectivity index (χ4n) is 1.17. The van der Waals surface area contributed by atoms with Crippen LogP contribution in [0.4, 0.5) is 4.79 Å². The third-order valence-electron chi connectivity index (χ3n) is 2.25. The van der Waals surface area contributed by atoms with Crippen molar-refractivity contribution in [3.05, 3.63) is 12.7 Å². The van der Waals surface area contributed by atoms with Crippen LogP contribution in [-0.2, 0) is 4.79 Å². The predicted octanol–water partition coefficient (Wildman–Crippen LogP) is 1.46. The molecule has 0 saturated carbocycles. The zero-order valence-electron chi connectivity index (χ0n) is 9.90. The first-order valence-corrected chi connectivity index (χ1v) is 5.38. The summed E-state index contributed by atoms with van der Waals surface area (Å²) in [5, 5.41) is 11.2. The Bertz CT molecular complexity index is 254. The lowest BCUT2D eigenvalue weighted by atomic mass is 10.2. The number of nitrogens with zero attached hydrogens (tertiary/aromatic N) is 1. The van der Waals surface area contributed by atoms with Gasteiger partial charge >= 0.3 is 12.0 Å². The highest BCUT2D eigenvalue weighted by atomic mass is 16.4. The minimum absolute atomic E-state index is 0.349. The van der Waals surface area contributed by atoms with E-state index >= 15 is 0 Å². The Kier molecular flexibility index (Phi) is 7.00. The molecular formula is C11H20N2O3. The van der Waals surface area contributed by atoms with Crippen molar-refractivity contribution in [2.45, 2.75) is 32.2 Å². The molecule has 0 aromatic carbocycles. The molecule has 0 aliphatic rings. The Balaban J connectivity index is 4.02. The first-order valence-electron chi connectivity index (χ1n) is 5.38. The summed E-state index contributed by atoms with van der Waals surface area (Å²) in [5.41, 5.74) is 0. The van der Waals surface area contributed by atoms with Gasteiger partial charge in [-0.3, -0.25) is 0 Å². The molecule has 1 atom stereocenters. The molecular weight excluding hydrogens is 208 g/mol. The molecule has 0 aromatic heterocycles. The number of aliphatic carboxylic acids is 1. The number of hydrogen-bond donors (Lipinski definition) is 2. The quantitative estimate of drug-likeness (QED) is 0.512. The van der Waals surface area contributed by atoms with Gasteiger partial charge in [-0.15, -0.1) is 6.58 Å². The van der Waals surface area contributed by atoms with Crippen molar-refractivity contribution in [2.75, 3.05) is 13.6 Å². The van der Waals surface area contributed by atoms with E-state index < -0.39 is 12.0 Å². The van der Waals surface area contributed by atoms with Crippen molar-refractivity contribution in [2.24, 2.45) is 0 Å². The molecule has 0 aromatic rings. The first-order chi connectivity index (χ1) is 7.52. The lowest BCUT2D eigenvalue weighted by Gasteiger charge is -2.20. The van der Waals surface area contributed by atoms with Crippen LogP contribution in [0.15, 0.2) is 12.7 Å². The number of carboxylic acid groups (broad SMARTS) is 1. The molecule has 1 unspecified atom stereocenters. The van der Waals surface area contributed by atoms with Gasteiger partial charge in [-0.05, 0) is 19.3 Å². The highest BCUT2D eigenvalue weighted by Crippen LogP contribution is 1.97. The Labute approximate surface area is 96.1 Å². The van der Waals surface area contributed by atoms with Crippen molar-refractivity contribution in [1.29, 1.82) is 0 Å². The molecule has 0 heterocycles. The van der Waals surface area contributed by atoms with Crippen molar-refractivity contribution >= 4 is 12.0 Å². The maximum absolute atomic E-state index is 11.5. The highest BCUT2D eigenvalue weighted by Gasteiger charge is 2.19. The molecule has 2 N–H and O–H groups in total. The predicted molar refractivity (Wildman–Crippen MR) is 62.3 cm³/mol. The van der Waals surface area contributed by atoms with E-state index in [9.17, 15) is 9.59 Å². The first kappa shape index (κ1) is 14.5. The molecule has 92 valence electrons. The lowest BCUT2D eigenvalue weighted by molar-refractivity contribution is -0.139. The van der Waals surface area contributed by atoms with E-state index in [0.717, 1.165) is 12.8 Å². The van der Waals surface area contributed by atoms with Crippen molar-refractivity contribution in [3.63, 3.8) is 0 Å². The average molecular weight is 228 g/mol. The number of urea groups is 1. The molecule has 0 fully saturated rings. The van der Waals surface area contributed by atoms with Crippen LogP contribution < -0.4 is 5.32 Å². The number of hydrogen-bond acceptors (Lipinski definition) is 2. The topological polar surface area (TPSA) is 69.6 Å². The number of carbonyl (C=O) groups is 2. The molecule has 5 nitrogen and oxygen atoms in total. The molecule has 0 bridgehead atoms. The number of nitrogens with one attached hydrogen (secondary N) is 1. The summed E-state index contributed by atoms with van der Waals surface area (Å²) in [5.74, 6) is -1.00. The SMILES string of the molecule is C=CCCCN(C)C(=O)NC(CC)C(=O)O. The van der Waals surface area contributed by atoms with Gasteiger partial charge in [-0.1, -0.05) is 13.0 Å². The van der Waals surface area contributed by atoms with Gasteiger partial charge in [0.2, 0.25) is 0 Å². The monoisotopic (exact) mass is 228 g/mol. The second-order valence-electron chi connectivity index (χ2n) is 3.60. The molecule has 5 heteroatoms. The third-order valence-corrected chi connectivity index (χ3v) is 2.25. The van der Waals surface area contributed by atoms with Gasteiger partial charge in [0.25, 0.3) is 0 Å². The summed E-state index contributed by atoms with van der Waals surface area (Å²) in [4.78, 5) is 23.7. The van der Waals surface area contributed by atoms with E-state index in [1.807, 2.05) is 0 Å². The number of carboxylic acids is 1. The maximum Gasteiger partial charge on any atom is 0.326 e. The van der Waals surface area contributed by atoms with Crippen LogP contribution in [0.25, 0.3) is 0 Å². The van der Waals surface area contributed by atoms with E-state index in [2.05, 4.69) is 11.9 Å². The van der Waals surface area contributed by atoms with Gasteiger partial charge in [-0.25, -0.2) is 9.59 Å². The zero-order chi connectivity index (χ0) is 12.6. The fourth-order valence-corrected chi connectivity index (χ4v) is 1.17. The lowest BCUT2D eigenvalue weighted by Crippen LogP contribution is -2.46. The second kappa shape index (κ2) is 7.73. The van der Waals surface area contributed by atoms with E-state index in [1.54, 1.807) is 20.0 Å². The Morgan fingerprint density at radius 2 is 2.19 bits per heavy atom. The summed E-state index contributed by atoms with van der Waals surface area (Å²) < 4.78 is 0. The Hall–Kier alpha value is -1.52. The summed E-state index contributed by atoms with van der Waals surface area (Å²) >= 11 is 0. The summed E-state index contributed by atoms with van der Waals surface area (Å²) in [6.45, 7) is 5.90.